The molecule has 0 atom stereocenters. The molecule has 13 heteroatoms. The number of carbonyl (C=O) groups is 1. The van der Waals surface area contributed by atoms with Gasteiger partial charge >= 0.3 is 12.1 Å². The number of nitriles is 1. The minimum atomic E-state index is -4.72. The molecule has 0 aromatic heterocycles. The van der Waals surface area contributed by atoms with E-state index in [0.29, 0.717) is 46.6 Å². The first-order valence-corrected chi connectivity index (χ1v) is 13.8. The highest BCUT2D eigenvalue weighted by molar-refractivity contribution is 7.92. The van der Waals surface area contributed by atoms with Gasteiger partial charge in [0.1, 0.15) is 0 Å². The van der Waals surface area contributed by atoms with E-state index in [1.807, 2.05) is 11.0 Å². The Hall–Kier alpha value is -3.79. The molecule has 3 aromatic carbocycles. The van der Waals surface area contributed by atoms with Gasteiger partial charge in [0.25, 0.3) is 10.0 Å². The molecule has 0 bridgehead atoms. The summed E-state index contributed by atoms with van der Waals surface area (Å²) in [7, 11) is -2.76. The van der Waals surface area contributed by atoms with Gasteiger partial charge in [-0.25, -0.2) is 8.42 Å². The number of hydrogen-bond acceptors (Lipinski definition) is 6. The number of anilines is 2. The van der Waals surface area contributed by atoms with Gasteiger partial charge in [-0.1, -0.05) is 23.7 Å². The van der Waals surface area contributed by atoms with E-state index in [9.17, 15) is 31.6 Å². The van der Waals surface area contributed by atoms with Crippen LogP contribution in [0.4, 0.5) is 24.5 Å². The zero-order valence-corrected chi connectivity index (χ0v) is 22.8. The van der Waals surface area contributed by atoms with Crippen molar-refractivity contribution < 1.29 is 31.5 Å². The lowest BCUT2D eigenvalue weighted by Gasteiger charge is -2.39. The molecule has 40 heavy (non-hydrogen) atoms. The highest BCUT2D eigenvalue weighted by Crippen LogP contribution is 2.40. The predicted octanol–water partition coefficient (Wildman–Crippen LogP) is 4.93. The number of nitrogens with zero attached hydrogens (tertiary/aromatic N) is 4. The van der Waals surface area contributed by atoms with Gasteiger partial charge in [-0.3, -0.25) is 14.0 Å². The van der Waals surface area contributed by atoms with E-state index < -0.39 is 32.6 Å². The van der Waals surface area contributed by atoms with Gasteiger partial charge in [0.15, 0.2) is 0 Å². The Morgan fingerprint density at radius 3 is 2.50 bits per heavy atom. The Bertz CT molecular complexity index is 1590. The summed E-state index contributed by atoms with van der Waals surface area (Å²) in [5, 5.41) is 18.7. The number of likely N-dealkylation sites (N-methyl/N-ethyl adjacent to an activating group) is 1. The standard InChI is InChI=1S/C27H24ClF3N4O4S/c1-33(17-26(36)37)7-8-34-9-10-35(40(38,39)23-4-2-3-21(15-23)27(29,30)31)25-14-19(5-6-24(25)34)20-11-18(16-32)12-22(28)13-20/h2-6,11-15H,7-10,17H2,1H3,(H,36,37). The van der Waals surface area contributed by atoms with Crippen LogP contribution >= 0.6 is 11.6 Å². The molecule has 1 aliphatic rings. The smallest absolute Gasteiger partial charge is 0.416 e. The highest BCUT2D eigenvalue weighted by Gasteiger charge is 2.35. The topological polar surface area (TPSA) is 105 Å². The normalized spacial score (nSPS) is 13.7. The van der Waals surface area contributed by atoms with Crippen molar-refractivity contribution in [2.24, 2.45) is 0 Å². The number of carboxylic acid groups (broad SMARTS) is 1. The predicted molar refractivity (Wildman–Crippen MR) is 145 cm³/mol. The molecule has 0 unspecified atom stereocenters. The van der Waals surface area contributed by atoms with Crippen LogP contribution in [0.3, 0.4) is 0 Å². The molecule has 0 amide bonds. The molecule has 1 heterocycles. The van der Waals surface area contributed by atoms with Gasteiger partial charge < -0.3 is 10.0 Å². The number of alkyl halides is 3. The molecule has 0 radical (unpaired) electrons. The lowest BCUT2D eigenvalue weighted by atomic mass is 10.0. The molecule has 0 saturated heterocycles. The maximum atomic E-state index is 13.7. The van der Waals surface area contributed by atoms with Crippen LogP contribution in [0, 0.1) is 11.3 Å². The third-order valence-electron chi connectivity index (χ3n) is 6.42. The van der Waals surface area contributed by atoms with Crippen LogP contribution in [0.5, 0.6) is 0 Å². The minimum absolute atomic E-state index is 0.0589. The van der Waals surface area contributed by atoms with Gasteiger partial charge in [-0.05, 0) is 66.7 Å². The quantitative estimate of drug-likeness (QED) is 0.395. The third-order valence-corrected chi connectivity index (χ3v) is 8.45. The second-order valence-electron chi connectivity index (χ2n) is 9.27. The van der Waals surface area contributed by atoms with Crippen LogP contribution in [0.1, 0.15) is 11.1 Å². The number of rotatable bonds is 8. The molecule has 4 rings (SSSR count). The van der Waals surface area contributed by atoms with Gasteiger partial charge in [-0.15, -0.1) is 0 Å². The molecule has 0 aliphatic carbocycles. The maximum absolute atomic E-state index is 13.7. The zero-order chi connectivity index (χ0) is 29.2. The maximum Gasteiger partial charge on any atom is 0.416 e. The van der Waals surface area contributed by atoms with Crippen molar-refractivity contribution in [3.05, 3.63) is 76.8 Å². The highest BCUT2D eigenvalue weighted by atomic mass is 35.5. The van der Waals surface area contributed by atoms with E-state index in [1.54, 1.807) is 42.3 Å². The van der Waals surface area contributed by atoms with E-state index in [1.165, 1.54) is 6.07 Å². The molecular formula is C27H24ClF3N4O4S. The monoisotopic (exact) mass is 592 g/mol. The molecule has 3 aromatic rings. The number of benzene rings is 3. The Labute approximate surface area is 234 Å². The van der Waals surface area contributed by atoms with Gasteiger partial charge in [0.05, 0.1) is 46.6 Å². The largest absolute Gasteiger partial charge is 0.480 e. The van der Waals surface area contributed by atoms with Gasteiger partial charge in [-0.2, -0.15) is 18.4 Å². The van der Waals surface area contributed by atoms with Crippen molar-refractivity contribution >= 4 is 39.0 Å². The molecule has 210 valence electrons. The van der Waals surface area contributed by atoms with E-state index in [-0.39, 0.29) is 25.3 Å². The van der Waals surface area contributed by atoms with E-state index in [4.69, 9.17) is 16.7 Å². The number of hydrogen-bond donors (Lipinski definition) is 1. The first-order valence-electron chi connectivity index (χ1n) is 12.0. The summed E-state index contributed by atoms with van der Waals surface area (Å²) >= 11 is 6.18. The van der Waals surface area contributed by atoms with Crippen LogP contribution in [0.15, 0.2) is 65.6 Å². The number of carboxylic acids is 1. The zero-order valence-electron chi connectivity index (χ0n) is 21.2. The fourth-order valence-corrected chi connectivity index (χ4v) is 6.23. The van der Waals surface area contributed by atoms with E-state index >= 15 is 0 Å². The summed E-state index contributed by atoms with van der Waals surface area (Å²) in [4.78, 5) is 14.1. The van der Waals surface area contributed by atoms with Crippen molar-refractivity contribution in [1.82, 2.24) is 4.90 Å². The van der Waals surface area contributed by atoms with Crippen LogP contribution in [-0.2, 0) is 21.0 Å². The number of fused-ring (bicyclic) bond motifs is 1. The SMILES string of the molecule is CN(CCN1CCN(S(=O)(=O)c2cccc(C(F)(F)F)c2)c2cc(-c3cc(Cl)cc(C#N)c3)ccc21)CC(=O)O. The molecule has 1 aliphatic heterocycles. The van der Waals surface area contributed by atoms with Crippen molar-refractivity contribution in [2.75, 3.05) is 49.0 Å². The van der Waals surface area contributed by atoms with Crippen molar-refractivity contribution in [2.45, 2.75) is 11.1 Å². The van der Waals surface area contributed by atoms with Crippen LogP contribution in [-0.4, -0.2) is 64.2 Å². The van der Waals surface area contributed by atoms with Crippen LogP contribution in [0.2, 0.25) is 5.02 Å². The first kappa shape index (κ1) is 29.2. The number of halogens is 4. The molecule has 0 spiro atoms. The van der Waals surface area contributed by atoms with Crippen molar-refractivity contribution in [3.63, 3.8) is 0 Å². The summed E-state index contributed by atoms with van der Waals surface area (Å²) in [6, 6.07) is 15.4. The number of aliphatic carboxylic acids is 1. The second-order valence-corrected chi connectivity index (χ2v) is 11.6. The first-order chi connectivity index (χ1) is 18.8. The van der Waals surface area contributed by atoms with Crippen LogP contribution < -0.4 is 9.21 Å². The summed E-state index contributed by atoms with van der Waals surface area (Å²) in [5.41, 5.74) is 1.08. The van der Waals surface area contributed by atoms with Crippen molar-refractivity contribution in [1.29, 1.82) is 5.26 Å². The van der Waals surface area contributed by atoms with Gasteiger partial charge in [0, 0.05) is 24.7 Å². The van der Waals surface area contributed by atoms with Gasteiger partial charge in [0.2, 0.25) is 0 Å². The Kier molecular flexibility index (Phi) is 8.30. The average Bonchev–Trinajstić information content (AvgIpc) is 2.90. The lowest BCUT2D eigenvalue weighted by Crippen LogP contribution is -2.46. The Balaban J connectivity index is 1.79. The fourth-order valence-electron chi connectivity index (χ4n) is 4.49. The Morgan fingerprint density at radius 1 is 1.07 bits per heavy atom. The minimum Gasteiger partial charge on any atom is -0.480 e. The molecule has 0 saturated carbocycles. The molecular weight excluding hydrogens is 569 g/mol. The molecule has 1 N–H and O–H groups in total. The summed E-state index contributed by atoms with van der Waals surface area (Å²) < 4.78 is 68.6. The summed E-state index contributed by atoms with van der Waals surface area (Å²) in [6.07, 6.45) is -4.72. The average molecular weight is 593 g/mol. The molecule has 0 fully saturated rings. The van der Waals surface area contributed by atoms with Crippen molar-refractivity contribution in [3.8, 4) is 17.2 Å². The fraction of sp³-hybridized carbons (Fsp3) is 0.259. The Morgan fingerprint density at radius 2 is 1.82 bits per heavy atom. The molecule has 8 nitrogen and oxygen atoms in total. The summed E-state index contributed by atoms with van der Waals surface area (Å²) in [6.45, 7) is 0.737. The second kappa shape index (κ2) is 11.4. The summed E-state index contributed by atoms with van der Waals surface area (Å²) in [5.74, 6) is -0.984. The number of sulfonamides is 1. The third kappa shape index (κ3) is 6.33. The van der Waals surface area contributed by atoms with E-state index in [0.717, 1.165) is 22.5 Å². The van der Waals surface area contributed by atoms with Crippen LogP contribution in [0.25, 0.3) is 11.1 Å². The lowest BCUT2D eigenvalue weighted by molar-refractivity contribution is -0.138. The van der Waals surface area contributed by atoms with E-state index in [2.05, 4.69) is 0 Å².